The molecule has 1 fully saturated rings. The molecule has 1 saturated carbocycles. The molecule has 0 heterocycles. The maximum Gasteiger partial charge on any atom is 0.310 e. The number of rotatable bonds is 36. The summed E-state index contributed by atoms with van der Waals surface area (Å²) in [5.41, 5.74) is 0. The molecule has 0 bridgehead atoms. The first kappa shape index (κ1) is 52.5. The van der Waals surface area contributed by atoms with Gasteiger partial charge in [0.1, 0.15) is 19.8 Å². The van der Waals surface area contributed by atoms with Gasteiger partial charge in [-0.15, -0.1) is 0 Å². The van der Waals surface area contributed by atoms with E-state index in [9.17, 15) is 29.6 Å². The zero-order valence-electron chi connectivity index (χ0n) is 35.9. The Bertz CT molecular complexity index is 1110. The number of nitrogens with zero attached hydrogens (tertiary/aromatic N) is 1. The number of phosphoric acid groups is 1. The van der Waals surface area contributed by atoms with Crippen LogP contribution in [0, 0.1) is 11.8 Å². The van der Waals surface area contributed by atoms with Crippen LogP contribution in [0.3, 0.4) is 0 Å². The minimum atomic E-state index is -4.63. The first-order valence-corrected chi connectivity index (χ1v) is 23.5. The quantitative estimate of drug-likeness (QED) is 0.0140. The molecule has 0 aromatic carbocycles. The topological polar surface area (TPSA) is 155 Å². The van der Waals surface area contributed by atoms with Crippen LogP contribution in [0.25, 0.3) is 0 Å². The Labute approximate surface area is 341 Å². The third-order valence-electron chi connectivity index (χ3n) is 10.4. The van der Waals surface area contributed by atoms with Gasteiger partial charge in [0.05, 0.1) is 58.7 Å². The number of carbonyl (C=O) groups excluding carboxylic acids is 1. The maximum atomic E-state index is 12.8. The summed E-state index contributed by atoms with van der Waals surface area (Å²) in [5, 5.41) is 31.4. The van der Waals surface area contributed by atoms with E-state index in [0.29, 0.717) is 23.9 Å². The minimum absolute atomic E-state index is 0.0407. The summed E-state index contributed by atoms with van der Waals surface area (Å²) >= 11 is 0. The highest BCUT2D eigenvalue weighted by atomic mass is 31.2. The van der Waals surface area contributed by atoms with Crippen molar-refractivity contribution < 1.29 is 52.6 Å². The highest BCUT2D eigenvalue weighted by molar-refractivity contribution is 7.45. The number of esters is 1. The van der Waals surface area contributed by atoms with Gasteiger partial charge in [-0.2, -0.15) is 0 Å². The molecule has 0 aromatic rings. The Morgan fingerprint density at radius 2 is 1.39 bits per heavy atom. The number of hydrogen-bond acceptors (Lipinski definition) is 10. The number of aliphatic hydroxyl groups excluding tert-OH is 3. The molecule has 328 valence electrons. The van der Waals surface area contributed by atoms with Crippen molar-refractivity contribution in [2.45, 2.75) is 180 Å². The summed E-state index contributed by atoms with van der Waals surface area (Å²) in [5.74, 6) is -1.16. The molecule has 0 aliphatic heterocycles. The average Bonchev–Trinajstić information content (AvgIpc) is 3.40. The van der Waals surface area contributed by atoms with Crippen molar-refractivity contribution in [1.29, 1.82) is 0 Å². The third-order valence-corrected chi connectivity index (χ3v) is 11.3. The number of unbranched alkanes of at least 4 members (excludes halogenated alkanes) is 16. The monoisotopic (exact) mass is 816 g/mol. The average molecular weight is 816 g/mol. The van der Waals surface area contributed by atoms with Crippen molar-refractivity contribution in [3.05, 3.63) is 36.6 Å². The summed E-state index contributed by atoms with van der Waals surface area (Å²) in [6, 6.07) is 0. The lowest BCUT2D eigenvalue weighted by molar-refractivity contribution is -0.870. The number of allylic oxidation sites excluding steroid dienone is 2. The molecule has 0 radical (unpaired) electrons. The second kappa shape index (κ2) is 32.3. The second-order valence-corrected chi connectivity index (χ2v) is 18.2. The molecule has 1 aliphatic carbocycles. The fourth-order valence-electron chi connectivity index (χ4n) is 6.84. The van der Waals surface area contributed by atoms with E-state index in [2.05, 4.69) is 13.8 Å². The van der Waals surface area contributed by atoms with E-state index in [1.165, 1.54) is 77.0 Å². The van der Waals surface area contributed by atoms with E-state index in [0.717, 1.165) is 38.5 Å². The van der Waals surface area contributed by atoms with Gasteiger partial charge in [0, 0.05) is 12.3 Å². The van der Waals surface area contributed by atoms with Crippen LogP contribution in [-0.2, 0) is 27.9 Å². The van der Waals surface area contributed by atoms with Crippen molar-refractivity contribution in [3.8, 4) is 0 Å². The predicted octanol–water partition coefficient (Wildman–Crippen LogP) is 8.70. The molecular weight excluding hydrogens is 733 g/mol. The number of quaternary nitrogens is 1. The predicted molar refractivity (Wildman–Crippen MR) is 224 cm³/mol. The number of phosphoric ester groups is 1. The molecule has 1 aliphatic rings. The molecule has 7 atom stereocenters. The normalized spacial score (nSPS) is 21.3. The molecule has 1 rings (SSSR count). The van der Waals surface area contributed by atoms with Crippen LogP contribution >= 0.6 is 7.82 Å². The van der Waals surface area contributed by atoms with Crippen LogP contribution in [0.1, 0.15) is 155 Å². The zero-order chi connectivity index (χ0) is 41.5. The summed E-state index contributed by atoms with van der Waals surface area (Å²) in [6.07, 6.45) is 30.9. The molecule has 0 saturated heterocycles. The SMILES string of the molecule is CCCCCCCCCCCCCCCC/C=C/OC[C@H](COP(=O)([O-])OCC[N+](C)(C)C)OC(=O)C/C=C\C[C@H]1[C@@H](/C=C/[C@H](O)CCCCC)[C@H](O)C[C@@H]1O. The Balaban J connectivity index is 2.53. The molecule has 0 amide bonds. The van der Waals surface area contributed by atoms with Crippen molar-refractivity contribution in [1.82, 2.24) is 0 Å². The molecule has 12 heteroatoms. The fourth-order valence-corrected chi connectivity index (χ4v) is 7.57. The lowest BCUT2D eigenvalue weighted by Crippen LogP contribution is -2.37. The van der Waals surface area contributed by atoms with E-state index in [-0.39, 0.29) is 37.9 Å². The fraction of sp³-hybridized carbons (Fsp3) is 0.841. The van der Waals surface area contributed by atoms with Gasteiger partial charge in [-0.1, -0.05) is 141 Å². The zero-order valence-corrected chi connectivity index (χ0v) is 36.8. The van der Waals surface area contributed by atoms with E-state index < -0.39 is 44.8 Å². The largest absolute Gasteiger partial charge is 0.756 e. The van der Waals surface area contributed by atoms with E-state index in [1.54, 1.807) is 24.5 Å². The second-order valence-electron chi connectivity index (χ2n) is 16.8. The highest BCUT2D eigenvalue weighted by Crippen LogP contribution is 2.38. The molecule has 11 nitrogen and oxygen atoms in total. The van der Waals surface area contributed by atoms with Gasteiger partial charge in [-0.05, 0) is 37.7 Å². The summed E-state index contributed by atoms with van der Waals surface area (Å²) < 4.78 is 34.2. The third kappa shape index (κ3) is 28.8. The Hall–Kier alpha value is -1.56. The smallest absolute Gasteiger partial charge is 0.310 e. The van der Waals surface area contributed by atoms with Crippen LogP contribution in [0.4, 0.5) is 0 Å². The van der Waals surface area contributed by atoms with Gasteiger partial charge >= 0.3 is 5.97 Å². The molecule has 3 N–H and O–H groups in total. The number of carbonyl (C=O) groups is 1. The van der Waals surface area contributed by atoms with Crippen molar-refractivity contribution in [3.63, 3.8) is 0 Å². The van der Waals surface area contributed by atoms with Crippen LogP contribution in [0.5, 0.6) is 0 Å². The number of ether oxygens (including phenoxy) is 2. The first-order valence-electron chi connectivity index (χ1n) is 22.0. The number of likely N-dealkylation sites (N-methyl/N-ethyl adjacent to an activating group) is 1. The van der Waals surface area contributed by atoms with Gasteiger partial charge in [0.15, 0.2) is 6.10 Å². The Morgan fingerprint density at radius 3 is 2.00 bits per heavy atom. The Kier molecular flexibility index (Phi) is 30.3. The van der Waals surface area contributed by atoms with Crippen molar-refractivity contribution in [2.75, 3.05) is 47.5 Å². The van der Waals surface area contributed by atoms with Crippen molar-refractivity contribution in [2.24, 2.45) is 11.8 Å². The van der Waals surface area contributed by atoms with Crippen LogP contribution in [-0.4, -0.2) is 97.7 Å². The Morgan fingerprint density at radius 1 is 0.804 bits per heavy atom. The first-order chi connectivity index (χ1) is 26.8. The van der Waals surface area contributed by atoms with E-state index in [1.807, 2.05) is 33.3 Å². The lowest BCUT2D eigenvalue weighted by atomic mass is 9.89. The maximum absolute atomic E-state index is 12.8. The summed E-state index contributed by atoms with van der Waals surface area (Å²) in [4.78, 5) is 25.2. The number of hydrogen-bond donors (Lipinski definition) is 3. The lowest BCUT2D eigenvalue weighted by Gasteiger charge is -2.28. The highest BCUT2D eigenvalue weighted by Gasteiger charge is 2.39. The summed E-state index contributed by atoms with van der Waals surface area (Å²) in [7, 11) is 1.13. The van der Waals surface area contributed by atoms with Gasteiger partial charge in [0.25, 0.3) is 7.82 Å². The van der Waals surface area contributed by atoms with Crippen LogP contribution in [0.2, 0.25) is 0 Å². The standard InChI is InChI=1S/C44H82NO10P/c1-6-8-10-11-12-13-14-15-16-17-18-19-20-21-22-26-33-52-36-39(37-54-56(50,51)53-34-32-45(3,4)5)55-44(49)29-25-24-28-40-41(43(48)35-42(40)47)31-30-38(46)27-23-9-7-2/h24-26,30-31,33,38-43,46-48H,6-23,27-29,32,34-37H2,1-5H3/b25-24-,31-30+,33-26+/t38-,39-,40+,41-,42+,43-/m1/s1. The minimum Gasteiger partial charge on any atom is -0.756 e. The molecule has 0 spiro atoms. The molecule has 1 unspecified atom stereocenters. The van der Waals surface area contributed by atoms with Crippen LogP contribution in [0.15, 0.2) is 36.6 Å². The van der Waals surface area contributed by atoms with Gasteiger partial charge in [0.2, 0.25) is 0 Å². The van der Waals surface area contributed by atoms with Crippen LogP contribution < -0.4 is 4.89 Å². The van der Waals surface area contributed by atoms with Crippen molar-refractivity contribution >= 4 is 13.8 Å². The molecule has 0 aromatic heterocycles. The number of aliphatic hydroxyl groups is 3. The molecule has 56 heavy (non-hydrogen) atoms. The van der Waals surface area contributed by atoms with E-state index >= 15 is 0 Å². The van der Waals surface area contributed by atoms with Gasteiger partial charge in [-0.3, -0.25) is 9.36 Å². The van der Waals surface area contributed by atoms with Gasteiger partial charge in [-0.25, -0.2) is 0 Å². The molecular formula is C44H82NO10P. The van der Waals surface area contributed by atoms with Gasteiger partial charge < -0.3 is 43.2 Å². The van der Waals surface area contributed by atoms with E-state index in [4.69, 9.17) is 18.5 Å². The summed E-state index contributed by atoms with van der Waals surface area (Å²) in [6.45, 7) is 4.25.